The van der Waals surface area contributed by atoms with Crippen LogP contribution in [0.25, 0.3) is 5.76 Å². The van der Waals surface area contributed by atoms with Crippen LogP contribution in [0, 0.1) is 6.92 Å². The number of nitrogens with zero attached hydrogens (tertiary/aromatic N) is 2. The van der Waals surface area contributed by atoms with Crippen LogP contribution in [0.2, 0.25) is 10.0 Å². The standard InChI is InChI=1S/C23H24Cl2N2O4/c1-13-11-15(6-8-18(13)31-4)21(28)19-20(14-5-7-16(24)17(25)12-14)27(10-9-26(2)3)23(30)22(19)29/h5-8,11-12,20,28H,9-10H2,1-4H3/t20-/m0/s1. The molecule has 0 radical (unpaired) electrons. The largest absolute Gasteiger partial charge is 0.507 e. The summed E-state index contributed by atoms with van der Waals surface area (Å²) in [6.45, 7) is 2.69. The number of ether oxygens (including phenoxy) is 1. The van der Waals surface area contributed by atoms with E-state index in [-0.39, 0.29) is 11.3 Å². The Labute approximate surface area is 191 Å². The molecule has 0 bridgehead atoms. The molecule has 8 heteroatoms. The molecule has 1 N–H and O–H groups in total. The molecule has 0 spiro atoms. The fourth-order valence-electron chi connectivity index (χ4n) is 3.63. The maximum absolute atomic E-state index is 13.0. The summed E-state index contributed by atoms with van der Waals surface area (Å²) in [6.07, 6.45) is 0. The lowest BCUT2D eigenvalue weighted by Crippen LogP contribution is -2.35. The maximum Gasteiger partial charge on any atom is 0.295 e. The van der Waals surface area contributed by atoms with Gasteiger partial charge in [-0.05, 0) is 62.5 Å². The highest BCUT2D eigenvalue weighted by molar-refractivity contribution is 6.46. The van der Waals surface area contributed by atoms with Crippen LogP contribution in [0.15, 0.2) is 42.0 Å². The second-order valence-corrected chi connectivity index (χ2v) is 8.47. The second-order valence-electron chi connectivity index (χ2n) is 7.65. The summed E-state index contributed by atoms with van der Waals surface area (Å²) < 4.78 is 5.27. The number of benzene rings is 2. The SMILES string of the molecule is COc1ccc(C(O)=C2C(=O)C(=O)N(CCN(C)C)[C@H]2c2ccc(Cl)c(Cl)c2)cc1C. The van der Waals surface area contributed by atoms with Crippen molar-refractivity contribution in [1.29, 1.82) is 0 Å². The van der Waals surface area contributed by atoms with Crippen molar-refractivity contribution in [1.82, 2.24) is 9.80 Å². The number of hydrogen-bond donors (Lipinski definition) is 1. The first-order valence-electron chi connectivity index (χ1n) is 9.68. The molecule has 1 atom stereocenters. The van der Waals surface area contributed by atoms with E-state index in [1.807, 2.05) is 25.9 Å². The lowest BCUT2D eigenvalue weighted by Gasteiger charge is -2.26. The highest BCUT2D eigenvalue weighted by atomic mass is 35.5. The van der Waals surface area contributed by atoms with Crippen LogP contribution in [0.5, 0.6) is 5.75 Å². The molecule has 2 aromatic rings. The van der Waals surface area contributed by atoms with Crippen LogP contribution in [-0.2, 0) is 9.59 Å². The minimum absolute atomic E-state index is 0.0201. The summed E-state index contributed by atoms with van der Waals surface area (Å²) in [7, 11) is 5.32. The van der Waals surface area contributed by atoms with Crippen LogP contribution in [-0.4, -0.2) is 60.9 Å². The van der Waals surface area contributed by atoms with E-state index in [0.29, 0.717) is 40.0 Å². The van der Waals surface area contributed by atoms with Crippen molar-refractivity contribution in [3.63, 3.8) is 0 Å². The average Bonchev–Trinajstić information content (AvgIpc) is 2.98. The molecule has 6 nitrogen and oxygen atoms in total. The summed E-state index contributed by atoms with van der Waals surface area (Å²) in [5.74, 6) is -0.984. The first-order valence-corrected chi connectivity index (χ1v) is 10.4. The Balaban J connectivity index is 2.18. The third-order valence-electron chi connectivity index (χ3n) is 5.26. The molecule has 0 saturated carbocycles. The Morgan fingerprint density at radius 2 is 1.84 bits per heavy atom. The van der Waals surface area contributed by atoms with Crippen LogP contribution in [0.4, 0.5) is 0 Å². The van der Waals surface area contributed by atoms with Gasteiger partial charge in [0.25, 0.3) is 11.7 Å². The summed E-state index contributed by atoms with van der Waals surface area (Å²) >= 11 is 12.3. The van der Waals surface area contributed by atoms with Crippen molar-refractivity contribution in [3.8, 4) is 5.75 Å². The van der Waals surface area contributed by atoms with Crippen molar-refractivity contribution in [2.24, 2.45) is 0 Å². The second kappa shape index (κ2) is 9.30. The number of ketones is 1. The van der Waals surface area contributed by atoms with E-state index in [9.17, 15) is 14.7 Å². The molecule has 1 fully saturated rings. The predicted octanol–water partition coefficient (Wildman–Crippen LogP) is 4.29. The van der Waals surface area contributed by atoms with Crippen molar-refractivity contribution in [2.75, 3.05) is 34.3 Å². The number of carbonyl (C=O) groups excluding carboxylic acids is 2. The van der Waals surface area contributed by atoms with Gasteiger partial charge < -0.3 is 19.6 Å². The molecule has 1 heterocycles. The number of aryl methyl sites for hydroxylation is 1. The number of aliphatic hydroxyl groups excluding tert-OH is 1. The number of rotatable bonds is 6. The highest BCUT2D eigenvalue weighted by Crippen LogP contribution is 2.41. The van der Waals surface area contributed by atoms with E-state index in [2.05, 4.69) is 0 Å². The number of likely N-dealkylation sites (tertiary alicyclic amines) is 1. The molecular formula is C23H24Cl2N2O4. The van der Waals surface area contributed by atoms with Crippen LogP contribution < -0.4 is 4.74 Å². The van der Waals surface area contributed by atoms with Gasteiger partial charge in [-0.3, -0.25) is 9.59 Å². The molecule has 1 saturated heterocycles. The van der Waals surface area contributed by atoms with Gasteiger partial charge in [0.1, 0.15) is 11.5 Å². The predicted molar refractivity (Wildman–Crippen MR) is 122 cm³/mol. The lowest BCUT2D eigenvalue weighted by atomic mass is 9.94. The summed E-state index contributed by atoms with van der Waals surface area (Å²) in [5, 5.41) is 11.8. The zero-order chi connectivity index (χ0) is 22.9. The summed E-state index contributed by atoms with van der Waals surface area (Å²) in [5.41, 5.74) is 1.83. The number of amides is 1. The molecule has 1 aliphatic rings. The Morgan fingerprint density at radius 3 is 2.42 bits per heavy atom. The molecule has 3 rings (SSSR count). The molecular weight excluding hydrogens is 439 g/mol. The molecule has 164 valence electrons. The fraction of sp³-hybridized carbons (Fsp3) is 0.304. The van der Waals surface area contributed by atoms with E-state index in [1.165, 1.54) is 4.90 Å². The molecule has 1 amide bonds. The monoisotopic (exact) mass is 462 g/mol. The molecule has 0 unspecified atom stereocenters. The average molecular weight is 463 g/mol. The van der Waals surface area contributed by atoms with Crippen molar-refractivity contribution >= 4 is 40.7 Å². The Morgan fingerprint density at radius 1 is 1.13 bits per heavy atom. The van der Waals surface area contributed by atoms with Crippen molar-refractivity contribution in [2.45, 2.75) is 13.0 Å². The normalized spacial score (nSPS) is 18.2. The van der Waals surface area contributed by atoms with Gasteiger partial charge in [0.15, 0.2) is 0 Å². The third kappa shape index (κ3) is 4.56. The van der Waals surface area contributed by atoms with Crippen LogP contribution in [0.1, 0.15) is 22.7 Å². The zero-order valence-corrected chi connectivity index (χ0v) is 19.3. The number of carbonyl (C=O) groups is 2. The number of hydrogen-bond acceptors (Lipinski definition) is 5. The van der Waals surface area contributed by atoms with Crippen molar-refractivity contribution < 1.29 is 19.4 Å². The molecule has 31 heavy (non-hydrogen) atoms. The Kier molecular flexibility index (Phi) is 6.94. The smallest absolute Gasteiger partial charge is 0.295 e. The van der Waals surface area contributed by atoms with E-state index in [0.717, 1.165) is 5.56 Å². The minimum Gasteiger partial charge on any atom is -0.507 e. The number of aliphatic hydroxyl groups is 1. The van der Waals surface area contributed by atoms with Gasteiger partial charge in [0.2, 0.25) is 0 Å². The van der Waals surface area contributed by atoms with Gasteiger partial charge in [0, 0.05) is 18.7 Å². The molecule has 0 aromatic heterocycles. The topological polar surface area (TPSA) is 70.1 Å². The first-order chi connectivity index (χ1) is 14.6. The zero-order valence-electron chi connectivity index (χ0n) is 17.8. The third-order valence-corrected chi connectivity index (χ3v) is 5.99. The maximum atomic E-state index is 13.0. The molecule has 1 aliphatic heterocycles. The van der Waals surface area contributed by atoms with Gasteiger partial charge in [-0.25, -0.2) is 0 Å². The van der Waals surface area contributed by atoms with E-state index in [4.69, 9.17) is 27.9 Å². The van der Waals surface area contributed by atoms with Gasteiger partial charge in [-0.1, -0.05) is 29.3 Å². The Bertz CT molecular complexity index is 1070. The highest BCUT2D eigenvalue weighted by Gasteiger charge is 2.46. The number of Topliss-reactive ketones (excluding diaryl/α,β-unsaturated/α-hetero) is 1. The van der Waals surface area contributed by atoms with Gasteiger partial charge in [-0.15, -0.1) is 0 Å². The quantitative estimate of drug-likeness (QED) is 0.393. The van der Waals surface area contributed by atoms with Crippen LogP contribution in [0.3, 0.4) is 0 Å². The molecule has 2 aromatic carbocycles. The Hall–Kier alpha value is -2.54. The minimum atomic E-state index is -0.780. The van der Waals surface area contributed by atoms with Gasteiger partial charge in [0.05, 0.1) is 28.8 Å². The van der Waals surface area contributed by atoms with E-state index >= 15 is 0 Å². The fourth-order valence-corrected chi connectivity index (χ4v) is 3.94. The lowest BCUT2D eigenvalue weighted by molar-refractivity contribution is -0.140. The van der Waals surface area contributed by atoms with Gasteiger partial charge in [-0.2, -0.15) is 0 Å². The number of halogens is 2. The van der Waals surface area contributed by atoms with Crippen LogP contribution >= 0.6 is 23.2 Å². The van der Waals surface area contributed by atoms with Crippen molar-refractivity contribution in [3.05, 3.63) is 68.7 Å². The number of methoxy groups -OCH3 is 1. The van der Waals surface area contributed by atoms with Gasteiger partial charge >= 0.3 is 0 Å². The number of likely N-dealkylation sites (N-methyl/N-ethyl adjacent to an activating group) is 1. The van der Waals surface area contributed by atoms with E-state index in [1.54, 1.807) is 43.5 Å². The van der Waals surface area contributed by atoms with E-state index < -0.39 is 17.7 Å². The summed E-state index contributed by atoms with van der Waals surface area (Å²) in [4.78, 5) is 29.3. The summed E-state index contributed by atoms with van der Waals surface area (Å²) in [6, 6.07) is 9.24. The molecule has 0 aliphatic carbocycles. The first kappa shape index (κ1) is 23.1.